The summed E-state index contributed by atoms with van der Waals surface area (Å²) in [6.45, 7) is 2.74. The Bertz CT molecular complexity index is 601. The van der Waals surface area contributed by atoms with E-state index in [1.54, 1.807) is 12.1 Å². The normalized spacial score (nSPS) is 13.5. The SMILES string of the molecule is C[C@@H](C(=O)Nc1cccc(Cl)c1)[NH+](C)Cc1ccccc1. The summed E-state index contributed by atoms with van der Waals surface area (Å²) >= 11 is 5.92. The fourth-order valence-corrected chi connectivity index (χ4v) is 2.30. The number of benzene rings is 2. The Balaban J connectivity index is 1.95. The number of quaternary nitrogens is 1. The van der Waals surface area contributed by atoms with Gasteiger partial charge in [0.15, 0.2) is 6.04 Å². The van der Waals surface area contributed by atoms with Gasteiger partial charge in [-0.25, -0.2) is 0 Å². The molecule has 0 saturated carbocycles. The first-order chi connectivity index (χ1) is 10.1. The number of rotatable bonds is 5. The molecule has 0 heterocycles. The molecule has 2 N–H and O–H groups in total. The van der Waals surface area contributed by atoms with Crippen LogP contribution in [0.1, 0.15) is 12.5 Å². The van der Waals surface area contributed by atoms with Crippen molar-refractivity contribution < 1.29 is 9.69 Å². The lowest BCUT2D eigenvalue weighted by Crippen LogP contribution is -3.12. The van der Waals surface area contributed by atoms with Crippen molar-refractivity contribution in [1.82, 2.24) is 0 Å². The summed E-state index contributed by atoms with van der Waals surface area (Å²) in [6, 6.07) is 17.2. The quantitative estimate of drug-likeness (QED) is 0.874. The molecule has 0 aliphatic carbocycles. The number of nitrogens with one attached hydrogen (secondary N) is 2. The molecule has 0 bridgehead atoms. The van der Waals surface area contributed by atoms with E-state index in [0.717, 1.165) is 17.1 Å². The highest BCUT2D eigenvalue weighted by molar-refractivity contribution is 6.30. The summed E-state index contributed by atoms with van der Waals surface area (Å²) in [5.74, 6) is -0.00861. The van der Waals surface area contributed by atoms with Crippen LogP contribution in [0, 0.1) is 0 Å². The Labute approximate surface area is 130 Å². The van der Waals surface area contributed by atoms with E-state index in [1.807, 2.05) is 44.3 Å². The standard InChI is InChI=1S/C17H19ClN2O/c1-13(20(2)12-14-7-4-3-5-8-14)17(21)19-16-10-6-9-15(18)11-16/h3-11,13H,12H2,1-2H3,(H,19,21)/p+1/t13-/m0/s1. The van der Waals surface area contributed by atoms with E-state index >= 15 is 0 Å². The van der Waals surface area contributed by atoms with Crippen LogP contribution < -0.4 is 10.2 Å². The average Bonchev–Trinajstić information content (AvgIpc) is 2.47. The summed E-state index contributed by atoms with van der Waals surface area (Å²) < 4.78 is 0. The highest BCUT2D eigenvalue weighted by atomic mass is 35.5. The molecule has 0 fully saturated rings. The van der Waals surface area contributed by atoms with Gasteiger partial charge in [0.05, 0.1) is 7.05 Å². The Morgan fingerprint density at radius 2 is 1.90 bits per heavy atom. The van der Waals surface area contributed by atoms with Gasteiger partial charge < -0.3 is 10.2 Å². The maximum atomic E-state index is 12.3. The van der Waals surface area contributed by atoms with Crippen LogP contribution >= 0.6 is 11.6 Å². The molecule has 3 nitrogen and oxygen atoms in total. The first-order valence-electron chi connectivity index (χ1n) is 6.99. The number of likely N-dealkylation sites (N-methyl/N-ethyl adjacent to an activating group) is 1. The lowest BCUT2D eigenvalue weighted by Gasteiger charge is -2.21. The summed E-state index contributed by atoms with van der Waals surface area (Å²) in [4.78, 5) is 13.4. The van der Waals surface area contributed by atoms with E-state index in [-0.39, 0.29) is 11.9 Å². The van der Waals surface area contributed by atoms with Crippen molar-refractivity contribution in [3.05, 3.63) is 65.2 Å². The molecule has 0 aliphatic rings. The van der Waals surface area contributed by atoms with Crippen LogP contribution in [0.2, 0.25) is 5.02 Å². The second-order valence-electron chi connectivity index (χ2n) is 5.23. The van der Waals surface area contributed by atoms with Gasteiger partial charge in [0.25, 0.3) is 5.91 Å². The number of halogens is 1. The van der Waals surface area contributed by atoms with Gasteiger partial charge in [-0.15, -0.1) is 0 Å². The topological polar surface area (TPSA) is 33.5 Å². The van der Waals surface area contributed by atoms with E-state index in [1.165, 1.54) is 5.56 Å². The number of hydrogen-bond donors (Lipinski definition) is 2. The van der Waals surface area contributed by atoms with Crippen LogP contribution in [0.3, 0.4) is 0 Å². The molecule has 4 heteroatoms. The molecule has 0 saturated heterocycles. The van der Waals surface area contributed by atoms with Gasteiger partial charge in [-0.1, -0.05) is 48.0 Å². The molecule has 0 aliphatic heterocycles. The summed E-state index contributed by atoms with van der Waals surface area (Å²) in [5.41, 5.74) is 1.95. The minimum Gasteiger partial charge on any atom is -0.324 e. The molecular formula is C17H20ClN2O+. The van der Waals surface area contributed by atoms with E-state index in [0.29, 0.717) is 5.02 Å². The number of carbonyl (C=O) groups is 1. The minimum absolute atomic E-state index is 0.00861. The van der Waals surface area contributed by atoms with Crippen LogP contribution in [0.5, 0.6) is 0 Å². The van der Waals surface area contributed by atoms with Gasteiger partial charge in [0.2, 0.25) is 0 Å². The Kier molecular flexibility index (Phi) is 5.37. The fourth-order valence-electron chi connectivity index (χ4n) is 2.11. The van der Waals surface area contributed by atoms with Gasteiger partial charge in [0.1, 0.15) is 6.54 Å². The second-order valence-corrected chi connectivity index (χ2v) is 5.67. The molecule has 110 valence electrons. The average molecular weight is 304 g/mol. The van der Waals surface area contributed by atoms with E-state index in [4.69, 9.17) is 11.6 Å². The van der Waals surface area contributed by atoms with Crippen LogP contribution in [0.15, 0.2) is 54.6 Å². The van der Waals surface area contributed by atoms with Gasteiger partial charge >= 0.3 is 0 Å². The molecule has 2 aromatic carbocycles. The maximum Gasteiger partial charge on any atom is 0.282 e. The van der Waals surface area contributed by atoms with Gasteiger partial charge in [0, 0.05) is 16.3 Å². The Morgan fingerprint density at radius 3 is 2.57 bits per heavy atom. The highest BCUT2D eigenvalue weighted by Gasteiger charge is 2.21. The molecule has 21 heavy (non-hydrogen) atoms. The predicted octanol–water partition coefficient (Wildman–Crippen LogP) is 2.38. The molecule has 0 radical (unpaired) electrons. The third kappa shape index (κ3) is 4.59. The molecule has 2 rings (SSSR count). The van der Waals surface area contributed by atoms with E-state index in [2.05, 4.69) is 17.4 Å². The predicted molar refractivity (Wildman–Crippen MR) is 86.6 cm³/mol. The van der Waals surface area contributed by atoms with Crippen LogP contribution in [-0.4, -0.2) is 19.0 Å². The van der Waals surface area contributed by atoms with Crippen molar-refractivity contribution in [3.63, 3.8) is 0 Å². The minimum atomic E-state index is -0.149. The number of hydrogen-bond acceptors (Lipinski definition) is 1. The molecule has 2 atom stereocenters. The second kappa shape index (κ2) is 7.25. The molecule has 0 aromatic heterocycles. The van der Waals surface area contributed by atoms with Crippen molar-refractivity contribution in [3.8, 4) is 0 Å². The van der Waals surface area contributed by atoms with E-state index < -0.39 is 0 Å². The number of carbonyl (C=O) groups excluding carboxylic acids is 1. The molecule has 2 aromatic rings. The number of amides is 1. The molecule has 1 unspecified atom stereocenters. The first kappa shape index (κ1) is 15.5. The molecular weight excluding hydrogens is 284 g/mol. The number of anilines is 1. The zero-order valence-electron chi connectivity index (χ0n) is 12.3. The zero-order valence-corrected chi connectivity index (χ0v) is 13.0. The van der Waals surface area contributed by atoms with Gasteiger partial charge in [-0.3, -0.25) is 4.79 Å². The fraction of sp³-hybridized carbons (Fsp3) is 0.235. The smallest absolute Gasteiger partial charge is 0.282 e. The monoisotopic (exact) mass is 303 g/mol. The van der Waals surface area contributed by atoms with Crippen LogP contribution in [-0.2, 0) is 11.3 Å². The van der Waals surface area contributed by atoms with Gasteiger partial charge in [-0.2, -0.15) is 0 Å². The summed E-state index contributed by atoms with van der Waals surface area (Å²) in [5, 5.41) is 3.52. The Hall–Kier alpha value is -1.84. The first-order valence-corrected chi connectivity index (χ1v) is 7.36. The van der Waals surface area contributed by atoms with Crippen LogP contribution in [0.4, 0.5) is 5.69 Å². The Morgan fingerprint density at radius 1 is 1.19 bits per heavy atom. The largest absolute Gasteiger partial charge is 0.324 e. The summed E-state index contributed by atoms with van der Waals surface area (Å²) in [6.07, 6.45) is 0. The zero-order chi connectivity index (χ0) is 15.2. The van der Waals surface area contributed by atoms with Crippen molar-refractivity contribution in [1.29, 1.82) is 0 Å². The van der Waals surface area contributed by atoms with Crippen molar-refractivity contribution in [2.45, 2.75) is 19.5 Å². The van der Waals surface area contributed by atoms with Crippen molar-refractivity contribution in [2.75, 3.05) is 12.4 Å². The van der Waals surface area contributed by atoms with Crippen LogP contribution in [0.25, 0.3) is 0 Å². The lowest BCUT2D eigenvalue weighted by atomic mass is 10.2. The summed E-state index contributed by atoms with van der Waals surface area (Å²) in [7, 11) is 2.02. The van der Waals surface area contributed by atoms with Gasteiger partial charge in [-0.05, 0) is 25.1 Å². The third-order valence-electron chi connectivity index (χ3n) is 3.55. The molecule has 0 spiro atoms. The van der Waals surface area contributed by atoms with Crippen molar-refractivity contribution >= 4 is 23.2 Å². The lowest BCUT2D eigenvalue weighted by molar-refractivity contribution is -0.907. The van der Waals surface area contributed by atoms with E-state index in [9.17, 15) is 4.79 Å². The third-order valence-corrected chi connectivity index (χ3v) is 3.79. The molecule has 1 amide bonds. The highest BCUT2D eigenvalue weighted by Crippen LogP contribution is 2.14. The van der Waals surface area contributed by atoms with Crippen molar-refractivity contribution in [2.24, 2.45) is 0 Å². The maximum absolute atomic E-state index is 12.3.